The van der Waals surface area contributed by atoms with E-state index in [-0.39, 0.29) is 0 Å². The molecule has 0 aliphatic heterocycles. The van der Waals surface area contributed by atoms with Crippen LogP contribution in [0.25, 0.3) is 22.5 Å². The molecule has 3 aromatic rings. The minimum atomic E-state index is -1.14. The summed E-state index contributed by atoms with van der Waals surface area (Å²) in [4.78, 5) is 16.2. The van der Waals surface area contributed by atoms with Gasteiger partial charge in [0.25, 0.3) is 0 Å². The predicted octanol–water partition coefficient (Wildman–Crippen LogP) is 2.27. The Morgan fingerprint density at radius 2 is 1.92 bits per heavy atom. The maximum atomic E-state index is 11.7. The number of imidazole rings is 1. The van der Waals surface area contributed by atoms with Crippen LogP contribution >= 0.6 is 0 Å². The lowest BCUT2D eigenvalue weighted by atomic mass is 10.0. The first-order valence-electron chi connectivity index (χ1n) is 7.94. The normalized spacial score (nSPS) is 13.6. The standard InChI is InChI=1S/C18H20N4O3/c1-11-14(9-20-21(11)3)17-15(13-7-5-4-6-8-13)19-10-22(17)16(12(2)23)18(24)25/h4-10,12,16,23H,1-3H3,(H,24,25)/t12-,16+/m0/s1. The Morgan fingerprint density at radius 1 is 1.24 bits per heavy atom. The van der Waals surface area contributed by atoms with Crippen LogP contribution in [0.15, 0.2) is 42.9 Å². The predicted molar refractivity (Wildman–Crippen MR) is 93.0 cm³/mol. The third-order valence-corrected chi connectivity index (χ3v) is 4.34. The Bertz CT molecular complexity index is 896. The Morgan fingerprint density at radius 3 is 2.44 bits per heavy atom. The highest BCUT2D eigenvalue weighted by molar-refractivity contribution is 5.82. The summed E-state index contributed by atoms with van der Waals surface area (Å²) in [5, 5.41) is 23.9. The lowest BCUT2D eigenvalue weighted by Gasteiger charge is -2.20. The third-order valence-electron chi connectivity index (χ3n) is 4.34. The van der Waals surface area contributed by atoms with E-state index >= 15 is 0 Å². The fourth-order valence-electron chi connectivity index (χ4n) is 2.93. The average molecular weight is 340 g/mol. The van der Waals surface area contributed by atoms with Gasteiger partial charge in [0.15, 0.2) is 6.04 Å². The lowest BCUT2D eigenvalue weighted by Crippen LogP contribution is -2.29. The number of carbonyl (C=O) groups is 1. The first-order valence-corrected chi connectivity index (χ1v) is 7.94. The number of aromatic nitrogens is 4. The van der Waals surface area contributed by atoms with E-state index in [0.29, 0.717) is 11.4 Å². The van der Waals surface area contributed by atoms with Gasteiger partial charge < -0.3 is 14.8 Å². The molecule has 2 atom stereocenters. The van der Waals surface area contributed by atoms with Crippen LogP contribution in [-0.4, -0.2) is 41.6 Å². The van der Waals surface area contributed by atoms with Gasteiger partial charge in [0.05, 0.1) is 30.0 Å². The number of benzene rings is 1. The van der Waals surface area contributed by atoms with Crippen LogP contribution in [-0.2, 0) is 11.8 Å². The van der Waals surface area contributed by atoms with Crippen LogP contribution in [0.3, 0.4) is 0 Å². The molecule has 0 spiro atoms. The molecule has 2 N–H and O–H groups in total. The molecule has 0 aliphatic rings. The van der Waals surface area contributed by atoms with Gasteiger partial charge in [-0.1, -0.05) is 30.3 Å². The fraction of sp³-hybridized carbons (Fsp3) is 0.278. The largest absolute Gasteiger partial charge is 0.480 e. The Balaban J connectivity index is 2.29. The van der Waals surface area contributed by atoms with E-state index in [9.17, 15) is 15.0 Å². The monoisotopic (exact) mass is 340 g/mol. The Labute approximate surface area is 145 Å². The highest BCUT2D eigenvalue weighted by Gasteiger charge is 2.30. The summed E-state index contributed by atoms with van der Waals surface area (Å²) in [6.07, 6.45) is 2.08. The van der Waals surface area contributed by atoms with Crippen molar-refractivity contribution in [2.75, 3.05) is 0 Å². The smallest absolute Gasteiger partial charge is 0.329 e. The molecule has 1 aromatic carbocycles. The third kappa shape index (κ3) is 2.94. The molecular formula is C18H20N4O3. The number of aryl methyl sites for hydroxylation is 1. The van der Waals surface area contributed by atoms with Crippen molar-refractivity contribution in [3.8, 4) is 22.5 Å². The van der Waals surface area contributed by atoms with Crippen molar-refractivity contribution in [3.63, 3.8) is 0 Å². The molecule has 0 amide bonds. The molecule has 0 unspecified atom stereocenters. The molecule has 0 saturated heterocycles. The topological polar surface area (TPSA) is 93.2 Å². The molecule has 0 bridgehead atoms. The molecular weight excluding hydrogens is 320 g/mol. The molecule has 130 valence electrons. The van der Waals surface area contributed by atoms with Crippen LogP contribution in [0.5, 0.6) is 0 Å². The SMILES string of the molecule is Cc1c(-c2c(-c3ccccc3)ncn2[C@@H](C(=O)O)[C@H](C)O)cnn1C. The van der Waals surface area contributed by atoms with Gasteiger partial charge in [-0.2, -0.15) is 5.10 Å². The molecule has 3 rings (SSSR count). The maximum Gasteiger partial charge on any atom is 0.329 e. The Kier molecular flexibility index (Phi) is 4.41. The minimum Gasteiger partial charge on any atom is -0.480 e. The molecule has 7 nitrogen and oxygen atoms in total. The van der Waals surface area contributed by atoms with Crippen molar-refractivity contribution in [1.82, 2.24) is 19.3 Å². The summed E-state index contributed by atoms with van der Waals surface area (Å²) in [5.74, 6) is -1.12. The second-order valence-electron chi connectivity index (χ2n) is 6.01. The zero-order valence-corrected chi connectivity index (χ0v) is 14.3. The molecule has 0 fully saturated rings. The number of aliphatic hydroxyl groups is 1. The molecule has 2 heterocycles. The van der Waals surface area contributed by atoms with E-state index in [1.54, 1.807) is 10.9 Å². The summed E-state index contributed by atoms with van der Waals surface area (Å²) >= 11 is 0. The van der Waals surface area contributed by atoms with Crippen LogP contribution in [0.2, 0.25) is 0 Å². The van der Waals surface area contributed by atoms with Crippen molar-refractivity contribution >= 4 is 5.97 Å². The number of hydrogen-bond acceptors (Lipinski definition) is 4. The number of carboxylic acids is 1. The molecule has 0 aliphatic carbocycles. The van der Waals surface area contributed by atoms with Gasteiger partial charge >= 0.3 is 5.97 Å². The summed E-state index contributed by atoms with van der Waals surface area (Å²) < 4.78 is 3.24. The van der Waals surface area contributed by atoms with Crippen molar-refractivity contribution in [1.29, 1.82) is 0 Å². The fourth-order valence-corrected chi connectivity index (χ4v) is 2.93. The van der Waals surface area contributed by atoms with Crippen LogP contribution in [0, 0.1) is 6.92 Å². The van der Waals surface area contributed by atoms with Gasteiger partial charge in [-0.05, 0) is 13.8 Å². The number of aliphatic carboxylic acids is 1. The number of carboxylic acid groups (broad SMARTS) is 1. The van der Waals surface area contributed by atoms with Crippen LogP contribution in [0.1, 0.15) is 18.7 Å². The second kappa shape index (κ2) is 6.52. The first-order chi connectivity index (χ1) is 11.9. The van der Waals surface area contributed by atoms with E-state index < -0.39 is 18.1 Å². The highest BCUT2D eigenvalue weighted by Crippen LogP contribution is 2.35. The van der Waals surface area contributed by atoms with Crippen molar-refractivity contribution < 1.29 is 15.0 Å². The van der Waals surface area contributed by atoms with E-state index in [2.05, 4.69) is 10.1 Å². The number of hydrogen-bond donors (Lipinski definition) is 2. The van der Waals surface area contributed by atoms with Crippen molar-refractivity contribution in [3.05, 3.63) is 48.5 Å². The van der Waals surface area contributed by atoms with Gasteiger partial charge in [0.1, 0.15) is 0 Å². The van der Waals surface area contributed by atoms with Crippen LogP contribution in [0.4, 0.5) is 0 Å². The maximum absolute atomic E-state index is 11.7. The minimum absolute atomic E-state index is 0.630. The highest BCUT2D eigenvalue weighted by atomic mass is 16.4. The quantitative estimate of drug-likeness (QED) is 0.743. The van der Waals surface area contributed by atoms with Gasteiger partial charge in [-0.25, -0.2) is 9.78 Å². The number of rotatable bonds is 5. The lowest BCUT2D eigenvalue weighted by molar-refractivity contribution is -0.144. The summed E-state index contributed by atoms with van der Waals surface area (Å²) in [7, 11) is 1.82. The zero-order valence-electron chi connectivity index (χ0n) is 14.3. The van der Waals surface area contributed by atoms with Gasteiger partial charge in [0, 0.05) is 23.9 Å². The molecule has 25 heavy (non-hydrogen) atoms. The van der Waals surface area contributed by atoms with Crippen LogP contribution < -0.4 is 0 Å². The van der Waals surface area contributed by atoms with Gasteiger partial charge in [-0.3, -0.25) is 4.68 Å². The van der Waals surface area contributed by atoms with Gasteiger partial charge in [-0.15, -0.1) is 0 Å². The zero-order chi connectivity index (χ0) is 18.1. The number of nitrogens with zero attached hydrogens (tertiary/aromatic N) is 4. The summed E-state index contributed by atoms with van der Waals surface area (Å²) in [6, 6.07) is 8.40. The average Bonchev–Trinajstić information content (AvgIpc) is 3.12. The molecule has 2 aromatic heterocycles. The van der Waals surface area contributed by atoms with E-state index in [4.69, 9.17) is 0 Å². The number of aliphatic hydroxyl groups excluding tert-OH is 1. The molecule has 0 saturated carbocycles. The summed E-state index contributed by atoms with van der Waals surface area (Å²) in [5.41, 5.74) is 3.82. The Hall–Kier alpha value is -2.93. The van der Waals surface area contributed by atoms with E-state index in [1.807, 2.05) is 44.3 Å². The molecule has 7 heteroatoms. The van der Waals surface area contributed by atoms with E-state index in [0.717, 1.165) is 16.8 Å². The molecule has 0 radical (unpaired) electrons. The first kappa shape index (κ1) is 16.9. The van der Waals surface area contributed by atoms with Crippen molar-refractivity contribution in [2.45, 2.75) is 26.0 Å². The van der Waals surface area contributed by atoms with Gasteiger partial charge in [0.2, 0.25) is 0 Å². The van der Waals surface area contributed by atoms with E-state index in [1.165, 1.54) is 17.8 Å². The summed E-state index contributed by atoms with van der Waals surface area (Å²) in [6.45, 7) is 3.37. The second-order valence-corrected chi connectivity index (χ2v) is 6.01. The van der Waals surface area contributed by atoms with Crippen molar-refractivity contribution in [2.24, 2.45) is 7.05 Å².